The van der Waals surface area contributed by atoms with Gasteiger partial charge in [0.05, 0.1) is 15.8 Å². The van der Waals surface area contributed by atoms with Crippen LogP contribution in [0.15, 0.2) is 35.4 Å². The first kappa shape index (κ1) is 23.4. The van der Waals surface area contributed by atoms with Gasteiger partial charge in [-0.1, -0.05) is 22.9 Å². The SMILES string of the molecule is O=C(O)[C@H]1CN(c2nc3cnnc(Cl)c3s2)CCN1S(=O)(=O)c1ccc(OC(F)(F)F)cc1. The Hall–Kier alpha value is -2.75. The predicted octanol–water partition coefficient (Wildman–Crippen LogP) is 2.60. The maximum Gasteiger partial charge on any atom is 0.573 e. The second-order valence-corrected chi connectivity index (χ2v) is 10.0. The second-order valence-electron chi connectivity index (χ2n) is 6.78. The van der Waals surface area contributed by atoms with Gasteiger partial charge in [-0.25, -0.2) is 13.4 Å². The zero-order chi connectivity index (χ0) is 24.0. The van der Waals surface area contributed by atoms with E-state index in [0.29, 0.717) is 15.3 Å². The highest BCUT2D eigenvalue weighted by Crippen LogP contribution is 2.34. The molecule has 2 aromatic heterocycles. The second kappa shape index (κ2) is 8.55. The number of nitrogens with zero attached hydrogens (tertiary/aromatic N) is 5. The van der Waals surface area contributed by atoms with Crippen LogP contribution in [0, 0.1) is 0 Å². The van der Waals surface area contributed by atoms with Gasteiger partial charge in [0.25, 0.3) is 0 Å². The van der Waals surface area contributed by atoms with Crippen molar-refractivity contribution in [2.24, 2.45) is 0 Å². The maximum absolute atomic E-state index is 13.1. The third-order valence-electron chi connectivity index (χ3n) is 4.71. The number of halogens is 4. The molecule has 33 heavy (non-hydrogen) atoms. The fourth-order valence-corrected chi connectivity index (χ4v) is 6.02. The van der Waals surface area contributed by atoms with Crippen LogP contribution in [0.3, 0.4) is 0 Å². The molecule has 1 atom stereocenters. The molecule has 0 bridgehead atoms. The first-order chi connectivity index (χ1) is 15.5. The van der Waals surface area contributed by atoms with Crippen molar-refractivity contribution in [1.82, 2.24) is 19.5 Å². The summed E-state index contributed by atoms with van der Waals surface area (Å²) < 4.78 is 68.2. The van der Waals surface area contributed by atoms with E-state index in [0.717, 1.165) is 28.6 Å². The number of benzene rings is 1. The molecule has 0 spiro atoms. The van der Waals surface area contributed by atoms with Crippen LogP contribution in [0.5, 0.6) is 5.75 Å². The number of thiazole rings is 1. The van der Waals surface area contributed by atoms with E-state index in [-0.39, 0.29) is 29.7 Å². The largest absolute Gasteiger partial charge is 0.573 e. The Bertz CT molecular complexity index is 1300. The summed E-state index contributed by atoms with van der Waals surface area (Å²) in [4.78, 5) is 17.5. The van der Waals surface area contributed by atoms with Gasteiger partial charge in [0.15, 0.2) is 10.3 Å². The number of hydrogen-bond acceptors (Lipinski definition) is 9. The highest BCUT2D eigenvalue weighted by atomic mass is 35.5. The van der Waals surface area contributed by atoms with Gasteiger partial charge in [-0.2, -0.15) is 9.40 Å². The van der Waals surface area contributed by atoms with E-state index in [1.165, 1.54) is 17.5 Å². The van der Waals surface area contributed by atoms with Crippen LogP contribution in [-0.2, 0) is 14.8 Å². The van der Waals surface area contributed by atoms with E-state index >= 15 is 0 Å². The lowest BCUT2D eigenvalue weighted by molar-refractivity contribution is -0.274. The van der Waals surface area contributed by atoms with Gasteiger partial charge in [0.2, 0.25) is 10.0 Å². The zero-order valence-electron chi connectivity index (χ0n) is 16.2. The number of fused-ring (bicyclic) bond motifs is 1. The minimum Gasteiger partial charge on any atom is -0.480 e. The molecule has 1 aromatic carbocycles. The van der Waals surface area contributed by atoms with Gasteiger partial charge in [-0.15, -0.1) is 18.3 Å². The highest BCUT2D eigenvalue weighted by Gasteiger charge is 2.41. The molecular weight excluding hydrogens is 511 g/mol. The topological polar surface area (TPSA) is 126 Å². The van der Waals surface area contributed by atoms with Crippen molar-refractivity contribution in [3.05, 3.63) is 35.6 Å². The Kier molecular flexibility index (Phi) is 6.07. The molecule has 16 heteroatoms. The summed E-state index contributed by atoms with van der Waals surface area (Å²) in [5.41, 5.74) is 0.470. The molecule has 0 saturated carbocycles. The summed E-state index contributed by atoms with van der Waals surface area (Å²) in [6.07, 6.45) is -3.52. The Morgan fingerprint density at radius 1 is 1.24 bits per heavy atom. The first-order valence-corrected chi connectivity index (χ1v) is 11.7. The molecule has 10 nitrogen and oxygen atoms in total. The van der Waals surface area contributed by atoms with E-state index < -0.39 is 34.1 Å². The van der Waals surface area contributed by atoms with Crippen molar-refractivity contribution in [3.8, 4) is 5.75 Å². The lowest BCUT2D eigenvalue weighted by Gasteiger charge is -2.38. The van der Waals surface area contributed by atoms with Crippen LogP contribution in [0.1, 0.15) is 0 Å². The summed E-state index contributed by atoms with van der Waals surface area (Å²) in [6, 6.07) is 2.08. The third-order valence-corrected chi connectivity index (χ3v) is 8.14. The minimum atomic E-state index is -4.93. The maximum atomic E-state index is 13.1. The molecule has 0 radical (unpaired) electrons. The fraction of sp³-hybridized carbons (Fsp3) is 0.294. The standard InChI is InChI=1S/C17H13ClF3N5O5S2/c18-14-13-11(7-22-24-14)23-16(32-13)25-5-6-26(12(8-25)15(27)28)33(29,30)10-3-1-9(2-4-10)31-17(19,20)21/h1-4,7,12H,5-6,8H2,(H,27,28)/t12-/m1/s1. The van der Waals surface area contributed by atoms with Gasteiger partial charge in [-0.3, -0.25) is 4.79 Å². The number of aromatic nitrogens is 3. The van der Waals surface area contributed by atoms with Crippen molar-refractivity contribution in [2.75, 3.05) is 24.5 Å². The lowest BCUT2D eigenvalue weighted by Crippen LogP contribution is -2.58. The van der Waals surface area contributed by atoms with Crippen molar-refractivity contribution < 1.29 is 36.2 Å². The van der Waals surface area contributed by atoms with Crippen LogP contribution in [0.2, 0.25) is 5.15 Å². The average molecular weight is 524 g/mol. The van der Waals surface area contributed by atoms with Crippen molar-refractivity contribution in [2.45, 2.75) is 17.3 Å². The fourth-order valence-electron chi connectivity index (χ4n) is 3.25. The highest BCUT2D eigenvalue weighted by molar-refractivity contribution is 7.89. The third kappa shape index (κ3) is 4.80. The Morgan fingerprint density at radius 2 is 1.94 bits per heavy atom. The monoisotopic (exact) mass is 523 g/mol. The van der Waals surface area contributed by atoms with E-state index in [9.17, 15) is 31.5 Å². The minimum absolute atomic E-state index is 0.122. The van der Waals surface area contributed by atoms with Gasteiger partial charge in [0.1, 0.15) is 17.3 Å². The van der Waals surface area contributed by atoms with Gasteiger partial charge in [0, 0.05) is 19.6 Å². The molecule has 3 heterocycles. The quantitative estimate of drug-likeness (QED) is 0.537. The molecule has 1 aliphatic rings. The summed E-state index contributed by atoms with van der Waals surface area (Å²) in [5, 5.41) is 17.7. The van der Waals surface area contributed by atoms with Crippen LogP contribution in [0.4, 0.5) is 18.3 Å². The molecule has 1 N–H and O–H groups in total. The molecule has 0 amide bonds. The number of carbonyl (C=O) groups is 1. The van der Waals surface area contributed by atoms with E-state index in [1.54, 1.807) is 4.90 Å². The number of carboxylic acids is 1. The van der Waals surface area contributed by atoms with E-state index in [2.05, 4.69) is 19.9 Å². The zero-order valence-corrected chi connectivity index (χ0v) is 18.6. The number of piperazine rings is 1. The normalized spacial score (nSPS) is 17.9. The van der Waals surface area contributed by atoms with Gasteiger partial charge >= 0.3 is 12.3 Å². The van der Waals surface area contributed by atoms with Gasteiger partial charge < -0.3 is 14.7 Å². The Morgan fingerprint density at radius 3 is 2.55 bits per heavy atom. The number of rotatable bonds is 5. The first-order valence-electron chi connectivity index (χ1n) is 9.09. The van der Waals surface area contributed by atoms with E-state index in [4.69, 9.17) is 11.6 Å². The van der Waals surface area contributed by atoms with Gasteiger partial charge in [-0.05, 0) is 24.3 Å². The summed E-state index contributed by atoms with van der Waals surface area (Å²) in [6.45, 7) is -0.279. The van der Waals surface area contributed by atoms with Crippen molar-refractivity contribution in [3.63, 3.8) is 0 Å². The molecular formula is C17H13ClF3N5O5S2. The van der Waals surface area contributed by atoms with Crippen LogP contribution < -0.4 is 9.64 Å². The molecule has 4 rings (SSSR count). The number of anilines is 1. The number of ether oxygens (including phenoxy) is 1. The van der Waals surface area contributed by atoms with E-state index in [1.807, 2.05) is 0 Å². The molecule has 176 valence electrons. The predicted molar refractivity (Wildman–Crippen MR) is 111 cm³/mol. The summed E-state index contributed by atoms with van der Waals surface area (Å²) in [7, 11) is -4.32. The van der Waals surface area contributed by atoms with Crippen molar-refractivity contribution >= 4 is 54.3 Å². The molecule has 1 fully saturated rings. The Balaban J connectivity index is 1.58. The number of sulfonamides is 1. The molecule has 3 aromatic rings. The smallest absolute Gasteiger partial charge is 0.480 e. The molecule has 0 aliphatic carbocycles. The number of hydrogen-bond donors (Lipinski definition) is 1. The lowest BCUT2D eigenvalue weighted by atomic mass is 10.2. The number of aliphatic carboxylic acids is 1. The average Bonchev–Trinajstić information content (AvgIpc) is 3.18. The Labute approximate surface area is 193 Å². The van der Waals surface area contributed by atoms with Crippen LogP contribution >= 0.6 is 22.9 Å². The molecule has 1 aliphatic heterocycles. The summed E-state index contributed by atoms with van der Waals surface area (Å²) >= 11 is 7.18. The summed E-state index contributed by atoms with van der Waals surface area (Å²) in [5.74, 6) is -1.98. The molecule has 0 unspecified atom stereocenters. The van der Waals surface area contributed by atoms with Crippen LogP contribution in [0.25, 0.3) is 10.2 Å². The number of alkyl halides is 3. The number of carboxylic acid groups (broad SMARTS) is 1. The van der Waals surface area contributed by atoms with Crippen molar-refractivity contribution in [1.29, 1.82) is 0 Å². The molecule has 1 saturated heterocycles. The van der Waals surface area contributed by atoms with Crippen LogP contribution in [-0.4, -0.2) is 71.0 Å².